The topological polar surface area (TPSA) is 29.3 Å². The Hall–Kier alpha value is -6.19. The molecular weight excluding hydrogens is 560 g/mol. The number of aromatic nitrogens is 1. The molecule has 0 unspecified atom stereocenters. The van der Waals surface area contributed by atoms with Crippen LogP contribution in [0.25, 0.3) is 65.9 Å². The van der Waals surface area contributed by atoms with Crippen molar-refractivity contribution in [1.29, 1.82) is 0 Å². The molecule has 7 aromatic carbocycles. The van der Waals surface area contributed by atoms with E-state index in [1.54, 1.807) is 0 Å². The third-order valence-corrected chi connectivity index (χ3v) is 8.90. The predicted octanol–water partition coefficient (Wildman–Crippen LogP) is 12.1. The second kappa shape index (κ2) is 10.8. The fourth-order valence-electron chi connectivity index (χ4n) is 6.65. The Morgan fingerprint density at radius 2 is 1.00 bits per heavy atom. The number of hydrogen-bond donors (Lipinski definition) is 0. The van der Waals surface area contributed by atoms with E-state index in [2.05, 4.69) is 150 Å². The van der Waals surface area contributed by atoms with E-state index < -0.39 is 0 Å². The lowest BCUT2D eigenvalue weighted by molar-refractivity contribution is 0.654. The number of pyridine rings is 1. The summed E-state index contributed by atoms with van der Waals surface area (Å²) in [4.78, 5) is 7.26. The van der Waals surface area contributed by atoms with Gasteiger partial charge in [0, 0.05) is 22.1 Å². The molecule has 0 atom stereocenters. The SMILES string of the molecule is c1ccc(-c2ccc(N(c3ccc(-c4cc5ccccc5c5ccccc45)cc3)c3ccc4c(n3)oc3ccccc34)cc2)cc1. The maximum atomic E-state index is 6.21. The van der Waals surface area contributed by atoms with Crippen molar-refractivity contribution in [3.8, 4) is 22.3 Å². The van der Waals surface area contributed by atoms with Gasteiger partial charge in [-0.15, -0.1) is 0 Å². The van der Waals surface area contributed by atoms with Gasteiger partial charge in [0.15, 0.2) is 0 Å². The van der Waals surface area contributed by atoms with Gasteiger partial charge in [-0.2, -0.15) is 4.98 Å². The minimum absolute atomic E-state index is 0.629. The van der Waals surface area contributed by atoms with Crippen LogP contribution in [0.4, 0.5) is 17.2 Å². The molecule has 9 aromatic rings. The van der Waals surface area contributed by atoms with Gasteiger partial charge in [-0.1, -0.05) is 121 Å². The molecule has 0 fully saturated rings. The Balaban J connectivity index is 1.18. The van der Waals surface area contributed by atoms with Crippen LogP contribution in [-0.2, 0) is 0 Å². The molecule has 0 N–H and O–H groups in total. The average Bonchev–Trinajstić information content (AvgIpc) is 3.50. The predicted molar refractivity (Wildman–Crippen MR) is 192 cm³/mol. The number of rotatable bonds is 5. The number of hydrogen-bond acceptors (Lipinski definition) is 3. The molecule has 9 rings (SSSR count). The zero-order valence-corrected chi connectivity index (χ0v) is 25.0. The van der Waals surface area contributed by atoms with Gasteiger partial charge in [0.2, 0.25) is 5.71 Å². The van der Waals surface area contributed by atoms with Gasteiger partial charge in [0.25, 0.3) is 0 Å². The highest BCUT2D eigenvalue weighted by Crippen LogP contribution is 2.40. The fourth-order valence-corrected chi connectivity index (χ4v) is 6.65. The molecule has 0 saturated heterocycles. The van der Waals surface area contributed by atoms with Crippen molar-refractivity contribution in [3.63, 3.8) is 0 Å². The van der Waals surface area contributed by atoms with E-state index in [9.17, 15) is 0 Å². The van der Waals surface area contributed by atoms with E-state index in [0.29, 0.717) is 5.71 Å². The summed E-state index contributed by atoms with van der Waals surface area (Å²) in [7, 11) is 0. The molecule has 2 aromatic heterocycles. The molecule has 0 radical (unpaired) electrons. The number of benzene rings is 7. The molecule has 0 bridgehead atoms. The monoisotopic (exact) mass is 588 g/mol. The fraction of sp³-hybridized carbons (Fsp3) is 0. The van der Waals surface area contributed by atoms with Crippen LogP contribution in [0.1, 0.15) is 0 Å². The molecule has 0 aliphatic carbocycles. The third kappa shape index (κ3) is 4.41. The minimum atomic E-state index is 0.629. The van der Waals surface area contributed by atoms with Crippen LogP contribution in [-0.4, -0.2) is 4.98 Å². The van der Waals surface area contributed by atoms with Gasteiger partial charge in [0.05, 0.1) is 0 Å². The van der Waals surface area contributed by atoms with E-state index >= 15 is 0 Å². The minimum Gasteiger partial charge on any atom is -0.438 e. The molecule has 46 heavy (non-hydrogen) atoms. The van der Waals surface area contributed by atoms with Crippen molar-refractivity contribution < 1.29 is 4.42 Å². The summed E-state index contributed by atoms with van der Waals surface area (Å²) in [5.74, 6) is 0.794. The summed E-state index contributed by atoms with van der Waals surface area (Å²) in [6.45, 7) is 0. The van der Waals surface area contributed by atoms with E-state index in [4.69, 9.17) is 9.40 Å². The van der Waals surface area contributed by atoms with Crippen molar-refractivity contribution in [2.45, 2.75) is 0 Å². The Morgan fingerprint density at radius 1 is 0.413 bits per heavy atom. The number of fused-ring (bicyclic) bond motifs is 6. The van der Waals surface area contributed by atoms with E-state index in [1.807, 2.05) is 24.3 Å². The Labute approximate surface area is 266 Å². The largest absolute Gasteiger partial charge is 0.438 e. The first-order chi connectivity index (χ1) is 22.8. The Bertz CT molecular complexity index is 2510. The van der Waals surface area contributed by atoms with E-state index in [1.165, 1.54) is 43.8 Å². The molecule has 0 aliphatic rings. The highest BCUT2D eigenvalue weighted by atomic mass is 16.3. The molecule has 0 spiro atoms. The summed E-state index contributed by atoms with van der Waals surface area (Å²) in [6.07, 6.45) is 0. The summed E-state index contributed by atoms with van der Waals surface area (Å²) < 4.78 is 6.21. The molecule has 3 nitrogen and oxygen atoms in total. The summed E-state index contributed by atoms with van der Waals surface area (Å²) in [5.41, 5.74) is 8.26. The van der Waals surface area contributed by atoms with Crippen molar-refractivity contribution >= 4 is 60.8 Å². The highest BCUT2D eigenvalue weighted by molar-refractivity contribution is 6.13. The number of anilines is 3. The zero-order valence-electron chi connectivity index (χ0n) is 25.0. The second-order valence-electron chi connectivity index (χ2n) is 11.6. The maximum Gasteiger partial charge on any atom is 0.229 e. The number of nitrogens with zero attached hydrogens (tertiary/aromatic N) is 2. The maximum absolute atomic E-state index is 6.21. The first-order valence-corrected chi connectivity index (χ1v) is 15.5. The van der Waals surface area contributed by atoms with Crippen LogP contribution < -0.4 is 4.90 Å². The lowest BCUT2D eigenvalue weighted by Gasteiger charge is -2.25. The van der Waals surface area contributed by atoms with Crippen molar-refractivity contribution in [3.05, 3.63) is 170 Å². The smallest absolute Gasteiger partial charge is 0.229 e. The summed E-state index contributed by atoms with van der Waals surface area (Å²) in [5, 5.41) is 7.11. The van der Waals surface area contributed by atoms with Crippen molar-refractivity contribution in [2.75, 3.05) is 4.90 Å². The first kappa shape index (κ1) is 26.2. The Kier molecular flexibility index (Phi) is 6.14. The van der Waals surface area contributed by atoms with Gasteiger partial charge in [-0.25, -0.2) is 0 Å². The van der Waals surface area contributed by atoms with Crippen LogP contribution in [0.5, 0.6) is 0 Å². The van der Waals surface area contributed by atoms with Gasteiger partial charge in [0.1, 0.15) is 11.4 Å². The number of furan rings is 1. The van der Waals surface area contributed by atoms with Crippen LogP contribution in [0.3, 0.4) is 0 Å². The van der Waals surface area contributed by atoms with E-state index in [0.717, 1.165) is 33.5 Å². The molecule has 2 heterocycles. The molecule has 0 saturated carbocycles. The summed E-state index contributed by atoms with van der Waals surface area (Å²) in [6, 6.07) is 59.9. The Morgan fingerprint density at radius 3 is 1.76 bits per heavy atom. The highest BCUT2D eigenvalue weighted by Gasteiger charge is 2.18. The van der Waals surface area contributed by atoms with Crippen LogP contribution in [0.15, 0.2) is 174 Å². The quantitative estimate of drug-likeness (QED) is 0.187. The number of para-hydroxylation sites is 1. The second-order valence-corrected chi connectivity index (χ2v) is 11.6. The summed E-state index contributed by atoms with van der Waals surface area (Å²) >= 11 is 0. The van der Waals surface area contributed by atoms with Crippen LogP contribution >= 0.6 is 0 Å². The lowest BCUT2D eigenvalue weighted by Crippen LogP contribution is -2.11. The average molecular weight is 589 g/mol. The third-order valence-electron chi connectivity index (χ3n) is 8.90. The van der Waals surface area contributed by atoms with Gasteiger partial charge in [-0.05, 0) is 92.3 Å². The first-order valence-electron chi connectivity index (χ1n) is 15.5. The molecule has 3 heteroatoms. The van der Waals surface area contributed by atoms with E-state index in [-0.39, 0.29) is 0 Å². The molecule has 0 amide bonds. The van der Waals surface area contributed by atoms with Crippen LogP contribution in [0, 0.1) is 0 Å². The van der Waals surface area contributed by atoms with Crippen molar-refractivity contribution in [1.82, 2.24) is 4.98 Å². The molecule has 216 valence electrons. The van der Waals surface area contributed by atoms with Gasteiger partial charge < -0.3 is 4.42 Å². The molecular formula is C43H28N2O. The van der Waals surface area contributed by atoms with Gasteiger partial charge >= 0.3 is 0 Å². The standard InChI is InChI=1S/C43H28N2O/c1-2-10-29(11-3-1)30-18-22-33(23-19-30)45(42-27-26-39-38-16-8-9-17-41(38)46-43(39)44-42)34-24-20-31(21-25-34)40-28-32-12-4-5-13-35(32)36-14-6-7-15-37(36)40/h1-28H. The molecule has 0 aliphatic heterocycles. The lowest BCUT2D eigenvalue weighted by atomic mass is 9.93. The van der Waals surface area contributed by atoms with Crippen LogP contribution in [0.2, 0.25) is 0 Å². The van der Waals surface area contributed by atoms with Gasteiger partial charge in [-0.3, -0.25) is 4.90 Å². The zero-order chi connectivity index (χ0) is 30.5. The van der Waals surface area contributed by atoms with Crippen molar-refractivity contribution in [2.24, 2.45) is 0 Å². The normalized spacial score (nSPS) is 11.5.